The Balaban J connectivity index is 1.48. The fourth-order valence-electron chi connectivity index (χ4n) is 2.77. The molecule has 0 aliphatic carbocycles. The lowest BCUT2D eigenvalue weighted by atomic mass is 10.2. The van der Waals surface area contributed by atoms with Gasteiger partial charge in [0.2, 0.25) is 5.88 Å². The summed E-state index contributed by atoms with van der Waals surface area (Å²) in [6.07, 6.45) is 4.29. The minimum atomic E-state index is -0.243. The Labute approximate surface area is 167 Å². The molecule has 0 unspecified atom stereocenters. The molecule has 0 saturated carbocycles. The maximum absolute atomic E-state index is 12.0. The highest BCUT2D eigenvalue weighted by atomic mass is 16.5. The fraction of sp³-hybridized carbons (Fsp3) is 0.143. The number of nitrogens with one attached hydrogen (secondary N) is 1. The van der Waals surface area contributed by atoms with E-state index in [0.29, 0.717) is 28.7 Å². The summed E-state index contributed by atoms with van der Waals surface area (Å²) in [6, 6.07) is 10.3. The Bertz CT molecular complexity index is 1150. The van der Waals surface area contributed by atoms with E-state index in [9.17, 15) is 4.79 Å². The van der Waals surface area contributed by atoms with Gasteiger partial charge in [0.05, 0.1) is 17.5 Å². The van der Waals surface area contributed by atoms with Crippen molar-refractivity contribution in [2.24, 2.45) is 0 Å². The molecular weight excluding hydrogens is 370 g/mol. The van der Waals surface area contributed by atoms with Gasteiger partial charge in [-0.3, -0.25) is 4.79 Å². The number of aryl methyl sites for hydroxylation is 1. The molecule has 0 atom stereocenters. The van der Waals surface area contributed by atoms with Crippen molar-refractivity contribution in [3.8, 4) is 17.4 Å². The molecule has 146 valence electrons. The summed E-state index contributed by atoms with van der Waals surface area (Å²) in [7, 11) is 0. The number of hydrogen-bond acceptors (Lipinski definition) is 6. The summed E-state index contributed by atoms with van der Waals surface area (Å²) >= 11 is 0. The Morgan fingerprint density at radius 2 is 1.90 bits per heavy atom. The summed E-state index contributed by atoms with van der Waals surface area (Å²) in [5.74, 6) is 1.37. The van der Waals surface area contributed by atoms with Gasteiger partial charge in [-0.15, -0.1) is 0 Å². The smallest absolute Gasteiger partial charge is 0.258 e. The molecule has 1 N–H and O–H groups in total. The standard InChI is InChI=1S/C21H19N5O3/c1-13-14(2)25-26(15(13)3)19-10-20(23-12-22-19)29-18-6-4-17(5-7-18)24-21(27)16-8-9-28-11-16/h4-12H,1-3H3,(H,24,27). The Morgan fingerprint density at radius 1 is 1.10 bits per heavy atom. The van der Waals surface area contributed by atoms with E-state index >= 15 is 0 Å². The van der Waals surface area contributed by atoms with E-state index in [2.05, 4.69) is 20.4 Å². The molecule has 3 heterocycles. The normalized spacial score (nSPS) is 10.7. The molecule has 1 amide bonds. The maximum Gasteiger partial charge on any atom is 0.258 e. The third kappa shape index (κ3) is 3.86. The Kier molecular flexibility index (Phi) is 4.82. The zero-order chi connectivity index (χ0) is 20.4. The van der Waals surface area contributed by atoms with Crippen LogP contribution >= 0.6 is 0 Å². The van der Waals surface area contributed by atoms with Crippen LogP contribution in [0.15, 0.2) is 59.7 Å². The molecule has 0 bridgehead atoms. The lowest BCUT2D eigenvalue weighted by molar-refractivity contribution is 0.102. The van der Waals surface area contributed by atoms with Gasteiger partial charge in [-0.2, -0.15) is 5.10 Å². The van der Waals surface area contributed by atoms with Crippen molar-refractivity contribution in [2.75, 3.05) is 5.32 Å². The lowest BCUT2D eigenvalue weighted by Crippen LogP contribution is -2.10. The van der Waals surface area contributed by atoms with Crippen LogP contribution in [-0.2, 0) is 0 Å². The average Bonchev–Trinajstić information content (AvgIpc) is 3.35. The van der Waals surface area contributed by atoms with Crippen LogP contribution in [0.1, 0.15) is 27.3 Å². The van der Waals surface area contributed by atoms with E-state index in [1.54, 1.807) is 41.1 Å². The second kappa shape index (κ2) is 7.59. The van der Waals surface area contributed by atoms with Crippen LogP contribution in [0.4, 0.5) is 5.69 Å². The second-order valence-corrected chi connectivity index (χ2v) is 6.51. The number of benzene rings is 1. The number of carbonyl (C=O) groups excluding carboxylic acids is 1. The summed E-state index contributed by atoms with van der Waals surface area (Å²) < 4.78 is 12.5. The molecule has 0 fully saturated rings. The molecule has 0 saturated heterocycles. The summed E-state index contributed by atoms with van der Waals surface area (Å²) in [6.45, 7) is 5.98. The van der Waals surface area contributed by atoms with Crippen molar-refractivity contribution >= 4 is 11.6 Å². The van der Waals surface area contributed by atoms with Gasteiger partial charge in [0.25, 0.3) is 5.91 Å². The average molecular weight is 389 g/mol. The summed E-state index contributed by atoms with van der Waals surface area (Å²) in [5.41, 5.74) is 4.20. The third-order valence-corrected chi connectivity index (χ3v) is 4.62. The van der Waals surface area contributed by atoms with E-state index < -0.39 is 0 Å². The first-order valence-electron chi connectivity index (χ1n) is 8.98. The molecule has 8 heteroatoms. The van der Waals surface area contributed by atoms with Gasteiger partial charge in [0.1, 0.15) is 18.3 Å². The molecular formula is C21H19N5O3. The predicted octanol–water partition coefficient (Wildman–Crippen LogP) is 4.23. The SMILES string of the molecule is Cc1nn(-c2cc(Oc3ccc(NC(=O)c4ccoc4)cc3)ncn2)c(C)c1C. The van der Waals surface area contributed by atoms with Crippen LogP contribution in [0.2, 0.25) is 0 Å². The number of rotatable bonds is 5. The largest absolute Gasteiger partial charge is 0.472 e. The van der Waals surface area contributed by atoms with Crippen LogP contribution in [0.5, 0.6) is 11.6 Å². The van der Waals surface area contributed by atoms with Gasteiger partial charge in [0.15, 0.2) is 5.82 Å². The number of aromatic nitrogens is 4. The molecule has 4 aromatic rings. The first-order chi connectivity index (χ1) is 14.0. The monoisotopic (exact) mass is 389 g/mol. The van der Waals surface area contributed by atoms with E-state index in [1.807, 2.05) is 20.8 Å². The lowest BCUT2D eigenvalue weighted by Gasteiger charge is -2.08. The highest BCUT2D eigenvalue weighted by Crippen LogP contribution is 2.23. The highest BCUT2D eigenvalue weighted by Gasteiger charge is 2.12. The van der Waals surface area contributed by atoms with Crippen LogP contribution in [0, 0.1) is 20.8 Å². The van der Waals surface area contributed by atoms with E-state index in [-0.39, 0.29) is 5.91 Å². The number of carbonyl (C=O) groups is 1. The zero-order valence-corrected chi connectivity index (χ0v) is 16.2. The van der Waals surface area contributed by atoms with Crippen molar-refractivity contribution in [3.05, 3.63) is 77.8 Å². The molecule has 4 rings (SSSR count). The van der Waals surface area contributed by atoms with Crippen molar-refractivity contribution in [1.29, 1.82) is 0 Å². The van der Waals surface area contributed by atoms with Crippen LogP contribution in [0.3, 0.4) is 0 Å². The molecule has 0 radical (unpaired) electrons. The van der Waals surface area contributed by atoms with Gasteiger partial charge in [-0.05, 0) is 56.7 Å². The third-order valence-electron chi connectivity index (χ3n) is 4.62. The number of furan rings is 1. The number of anilines is 1. The molecule has 8 nitrogen and oxygen atoms in total. The number of ether oxygens (including phenoxy) is 1. The van der Waals surface area contributed by atoms with Gasteiger partial charge in [-0.1, -0.05) is 0 Å². The van der Waals surface area contributed by atoms with Crippen molar-refractivity contribution in [3.63, 3.8) is 0 Å². The van der Waals surface area contributed by atoms with E-state index in [4.69, 9.17) is 9.15 Å². The summed E-state index contributed by atoms with van der Waals surface area (Å²) in [4.78, 5) is 20.5. The van der Waals surface area contributed by atoms with Crippen molar-refractivity contribution in [2.45, 2.75) is 20.8 Å². The second-order valence-electron chi connectivity index (χ2n) is 6.51. The highest BCUT2D eigenvalue weighted by molar-refractivity contribution is 6.03. The van der Waals surface area contributed by atoms with Gasteiger partial charge < -0.3 is 14.5 Å². The predicted molar refractivity (Wildman–Crippen MR) is 107 cm³/mol. The molecule has 0 aliphatic rings. The van der Waals surface area contributed by atoms with Crippen LogP contribution in [-0.4, -0.2) is 25.7 Å². The summed E-state index contributed by atoms with van der Waals surface area (Å²) in [5, 5.41) is 7.30. The number of hydrogen-bond donors (Lipinski definition) is 1. The van der Waals surface area contributed by atoms with Crippen molar-refractivity contribution < 1.29 is 13.9 Å². The molecule has 1 aromatic carbocycles. The first kappa shape index (κ1) is 18.4. The number of amides is 1. The van der Waals surface area contributed by atoms with Crippen LogP contribution in [0.25, 0.3) is 5.82 Å². The van der Waals surface area contributed by atoms with Gasteiger partial charge in [-0.25, -0.2) is 14.6 Å². The van der Waals surface area contributed by atoms with Crippen LogP contribution < -0.4 is 10.1 Å². The topological polar surface area (TPSA) is 95.1 Å². The van der Waals surface area contributed by atoms with Gasteiger partial charge >= 0.3 is 0 Å². The van der Waals surface area contributed by atoms with E-state index in [0.717, 1.165) is 17.0 Å². The minimum Gasteiger partial charge on any atom is -0.472 e. The minimum absolute atomic E-state index is 0.243. The Hall–Kier alpha value is -3.94. The van der Waals surface area contributed by atoms with E-state index in [1.165, 1.54) is 18.9 Å². The Morgan fingerprint density at radius 3 is 2.55 bits per heavy atom. The molecule has 3 aromatic heterocycles. The molecule has 0 aliphatic heterocycles. The first-order valence-corrected chi connectivity index (χ1v) is 8.98. The molecule has 0 spiro atoms. The fourth-order valence-corrected chi connectivity index (χ4v) is 2.77. The van der Waals surface area contributed by atoms with Crippen molar-refractivity contribution in [1.82, 2.24) is 19.7 Å². The number of nitrogens with zero attached hydrogens (tertiary/aromatic N) is 4. The maximum atomic E-state index is 12.0. The quantitative estimate of drug-likeness (QED) is 0.549. The molecule has 29 heavy (non-hydrogen) atoms. The zero-order valence-electron chi connectivity index (χ0n) is 16.2. The van der Waals surface area contributed by atoms with Gasteiger partial charge in [0, 0.05) is 17.4 Å².